The van der Waals surface area contributed by atoms with E-state index in [0.29, 0.717) is 12.4 Å². The van der Waals surface area contributed by atoms with Crippen LogP contribution in [0.15, 0.2) is 24.3 Å². The van der Waals surface area contributed by atoms with Gasteiger partial charge in [-0.25, -0.2) is 0 Å². The smallest absolute Gasteiger partial charge is 0.229 e. The van der Waals surface area contributed by atoms with Crippen LogP contribution in [0.25, 0.3) is 0 Å². The normalized spacial score (nSPS) is 30.1. The van der Waals surface area contributed by atoms with Crippen LogP contribution in [0, 0.1) is 0 Å². The van der Waals surface area contributed by atoms with Crippen LogP contribution in [0.1, 0.15) is 0 Å². The highest BCUT2D eigenvalue weighted by Crippen LogP contribution is 2.29. The molecule has 24 heavy (non-hydrogen) atoms. The Labute approximate surface area is 142 Å². The number of hydrogen-bond acceptors (Lipinski definition) is 7. The number of rotatable bonds is 8. The highest BCUT2D eigenvalue weighted by Gasteiger charge is 2.48. The van der Waals surface area contributed by atoms with Crippen molar-refractivity contribution < 1.29 is 33.2 Å². The molecule has 1 aromatic rings. The summed E-state index contributed by atoms with van der Waals surface area (Å²) in [4.78, 5) is 0. The molecular weight excluding hydrogens is 316 g/mol. The summed E-state index contributed by atoms with van der Waals surface area (Å²) in [5.41, 5.74) is 0. The third-order valence-corrected chi connectivity index (χ3v) is 4.05. The van der Waals surface area contributed by atoms with Gasteiger partial charge in [0.2, 0.25) is 6.29 Å². The van der Waals surface area contributed by atoms with E-state index >= 15 is 0 Å². The fraction of sp³-hybridized carbons (Fsp3) is 0.647. The van der Waals surface area contributed by atoms with Gasteiger partial charge in [0.05, 0.1) is 13.7 Å². The number of methoxy groups -OCH3 is 5. The Morgan fingerprint density at radius 2 is 1.38 bits per heavy atom. The minimum Gasteiger partial charge on any atom is -0.497 e. The molecule has 0 saturated carbocycles. The lowest BCUT2D eigenvalue weighted by Crippen LogP contribution is -2.62. The number of benzene rings is 1. The third kappa shape index (κ3) is 4.17. The molecule has 1 aromatic carbocycles. The van der Waals surface area contributed by atoms with Gasteiger partial charge in [-0.05, 0) is 24.3 Å². The molecule has 2 rings (SSSR count). The van der Waals surface area contributed by atoms with Crippen molar-refractivity contribution in [2.45, 2.75) is 30.7 Å². The Balaban J connectivity index is 2.18. The van der Waals surface area contributed by atoms with Crippen LogP contribution in [-0.4, -0.2) is 72.9 Å². The fourth-order valence-electron chi connectivity index (χ4n) is 2.86. The highest BCUT2D eigenvalue weighted by atomic mass is 16.7. The van der Waals surface area contributed by atoms with Crippen LogP contribution < -0.4 is 9.47 Å². The maximum atomic E-state index is 6.02. The number of ether oxygens (including phenoxy) is 7. The standard InChI is InChI=1S/C17H26O7/c1-18-10-13-14(20-3)15(21-4)16(22-5)17(24-13)23-12-8-6-11(19-2)7-9-12/h6-9,13-17H,10H2,1-5H3/t13-,14-,15+,16-,17-/m1/s1. The first-order valence-electron chi connectivity index (χ1n) is 7.72. The van der Waals surface area contributed by atoms with E-state index in [1.165, 1.54) is 0 Å². The van der Waals surface area contributed by atoms with Gasteiger partial charge >= 0.3 is 0 Å². The molecule has 0 bridgehead atoms. The zero-order valence-corrected chi connectivity index (χ0v) is 14.8. The molecule has 1 heterocycles. The van der Waals surface area contributed by atoms with Crippen molar-refractivity contribution >= 4 is 0 Å². The van der Waals surface area contributed by atoms with E-state index in [9.17, 15) is 0 Å². The van der Waals surface area contributed by atoms with Crippen molar-refractivity contribution in [3.05, 3.63) is 24.3 Å². The number of hydrogen-bond donors (Lipinski definition) is 0. The van der Waals surface area contributed by atoms with Crippen molar-refractivity contribution in [2.75, 3.05) is 42.2 Å². The minimum atomic E-state index is -0.653. The first-order valence-corrected chi connectivity index (χ1v) is 7.72. The second kappa shape index (κ2) is 9.19. The topological polar surface area (TPSA) is 64.6 Å². The summed E-state index contributed by atoms with van der Waals surface area (Å²) in [5, 5.41) is 0. The van der Waals surface area contributed by atoms with E-state index in [0.717, 1.165) is 5.75 Å². The molecule has 1 aliphatic heterocycles. The maximum absolute atomic E-state index is 6.02. The maximum Gasteiger partial charge on any atom is 0.229 e. The predicted molar refractivity (Wildman–Crippen MR) is 86.6 cm³/mol. The van der Waals surface area contributed by atoms with Crippen molar-refractivity contribution in [1.29, 1.82) is 0 Å². The average molecular weight is 342 g/mol. The molecule has 1 aliphatic rings. The summed E-state index contributed by atoms with van der Waals surface area (Å²) in [7, 11) is 8.04. The first-order chi connectivity index (χ1) is 11.7. The van der Waals surface area contributed by atoms with E-state index in [-0.39, 0.29) is 18.3 Å². The summed E-state index contributed by atoms with van der Waals surface area (Å²) in [6.45, 7) is 0.358. The Hall–Kier alpha value is -1.38. The fourth-order valence-corrected chi connectivity index (χ4v) is 2.86. The molecule has 0 unspecified atom stereocenters. The molecule has 0 aromatic heterocycles. The SMILES string of the molecule is COC[C@H]1O[C@@H](Oc2ccc(OC)cc2)[C@H](OC)[C@@H](OC)[C@@H]1OC. The second-order valence-corrected chi connectivity index (χ2v) is 5.39. The monoisotopic (exact) mass is 342 g/mol. The molecule has 0 aliphatic carbocycles. The van der Waals surface area contributed by atoms with Crippen LogP contribution in [-0.2, 0) is 23.7 Å². The van der Waals surface area contributed by atoms with Crippen LogP contribution in [0.3, 0.4) is 0 Å². The summed E-state index contributed by atoms with van der Waals surface area (Å²) in [6, 6.07) is 7.26. The lowest BCUT2D eigenvalue weighted by atomic mass is 9.98. The lowest BCUT2D eigenvalue weighted by molar-refractivity contribution is -0.292. The van der Waals surface area contributed by atoms with Gasteiger partial charge in [-0.15, -0.1) is 0 Å². The molecule has 0 spiro atoms. The Morgan fingerprint density at radius 3 is 1.88 bits per heavy atom. The Kier molecular flexibility index (Phi) is 7.26. The largest absolute Gasteiger partial charge is 0.497 e. The van der Waals surface area contributed by atoms with Crippen LogP contribution in [0.2, 0.25) is 0 Å². The molecule has 7 heteroatoms. The zero-order chi connectivity index (χ0) is 17.5. The molecular formula is C17H26O7. The molecule has 7 nitrogen and oxygen atoms in total. The van der Waals surface area contributed by atoms with E-state index in [2.05, 4.69) is 0 Å². The molecule has 0 amide bonds. The third-order valence-electron chi connectivity index (χ3n) is 4.05. The van der Waals surface area contributed by atoms with E-state index in [1.807, 2.05) is 24.3 Å². The predicted octanol–water partition coefficient (Wildman–Crippen LogP) is 1.49. The van der Waals surface area contributed by atoms with Crippen molar-refractivity contribution in [1.82, 2.24) is 0 Å². The molecule has 136 valence electrons. The lowest BCUT2D eigenvalue weighted by Gasteiger charge is -2.44. The van der Waals surface area contributed by atoms with E-state index in [4.69, 9.17) is 33.2 Å². The van der Waals surface area contributed by atoms with Gasteiger partial charge in [0, 0.05) is 28.4 Å². The van der Waals surface area contributed by atoms with Gasteiger partial charge in [-0.3, -0.25) is 0 Å². The van der Waals surface area contributed by atoms with Gasteiger partial charge in [0.1, 0.15) is 35.9 Å². The quantitative estimate of drug-likeness (QED) is 0.709. The highest BCUT2D eigenvalue weighted by molar-refractivity contribution is 5.31. The Bertz CT molecular complexity index is 478. The second-order valence-electron chi connectivity index (χ2n) is 5.39. The first kappa shape index (κ1) is 19.0. The molecule has 0 N–H and O–H groups in total. The van der Waals surface area contributed by atoms with E-state index < -0.39 is 12.4 Å². The van der Waals surface area contributed by atoms with Crippen molar-refractivity contribution in [2.24, 2.45) is 0 Å². The van der Waals surface area contributed by atoms with Crippen LogP contribution in [0.4, 0.5) is 0 Å². The van der Waals surface area contributed by atoms with Gasteiger partial charge in [-0.2, -0.15) is 0 Å². The summed E-state index contributed by atoms with van der Waals surface area (Å²) in [6.07, 6.45) is -2.11. The van der Waals surface area contributed by atoms with Gasteiger partial charge < -0.3 is 33.2 Å². The van der Waals surface area contributed by atoms with Gasteiger partial charge in [0.25, 0.3) is 0 Å². The van der Waals surface area contributed by atoms with Crippen molar-refractivity contribution in [3.8, 4) is 11.5 Å². The summed E-state index contributed by atoms with van der Waals surface area (Å²) >= 11 is 0. The molecule has 1 fully saturated rings. The molecule has 1 saturated heterocycles. The summed E-state index contributed by atoms with van der Waals surface area (Å²) < 4.78 is 39.1. The van der Waals surface area contributed by atoms with Crippen LogP contribution >= 0.6 is 0 Å². The van der Waals surface area contributed by atoms with Gasteiger partial charge in [-0.1, -0.05) is 0 Å². The van der Waals surface area contributed by atoms with Crippen LogP contribution in [0.5, 0.6) is 11.5 Å². The van der Waals surface area contributed by atoms with E-state index in [1.54, 1.807) is 35.5 Å². The van der Waals surface area contributed by atoms with Gasteiger partial charge in [0.15, 0.2) is 0 Å². The van der Waals surface area contributed by atoms with Crippen molar-refractivity contribution in [3.63, 3.8) is 0 Å². The molecule has 0 radical (unpaired) electrons. The zero-order valence-electron chi connectivity index (χ0n) is 14.8. The average Bonchev–Trinajstić information content (AvgIpc) is 2.62. The summed E-state index contributed by atoms with van der Waals surface area (Å²) in [5.74, 6) is 1.39. The Morgan fingerprint density at radius 1 is 0.792 bits per heavy atom. The molecule has 5 atom stereocenters. The minimum absolute atomic E-state index is 0.324.